The van der Waals surface area contributed by atoms with Crippen LogP contribution in [0.3, 0.4) is 0 Å². The fourth-order valence-electron chi connectivity index (χ4n) is 2.23. The Hall–Kier alpha value is -1.51. The number of thioether (sulfide) groups is 1. The maximum atomic E-state index is 13.6. The first-order valence-electron chi connectivity index (χ1n) is 6.90. The fourth-order valence-corrected chi connectivity index (χ4v) is 3.20. The second-order valence-corrected chi connectivity index (χ2v) is 6.14. The number of aromatic nitrogens is 3. The van der Waals surface area contributed by atoms with Crippen LogP contribution < -0.4 is 0 Å². The van der Waals surface area contributed by atoms with Gasteiger partial charge in [0.25, 0.3) is 0 Å². The van der Waals surface area contributed by atoms with Gasteiger partial charge in [-0.2, -0.15) is 0 Å². The van der Waals surface area contributed by atoms with Gasteiger partial charge in [-0.3, -0.25) is 0 Å². The van der Waals surface area contributed by atoms with E-state index >= 15 is 0 Å². The molecule has 1 unspecified atom stereocenters. The molecule has 0 saturated heterocycles. The van der Waals surface area contributed by atoms with Crippen LogP contribution in [0.4, 0.5) is 8.78 Å². The monoisotopic (exact) mass is 327 g/mol. The zero-order valence-electron chi connectivity index (χ0n) is 11.6. The molecule has 1 aromatic carbocycles. The summed E-state index contributed by atoms with van der Waals surface area (Å²) in [5.41, 5.74) is -0.0765. The molecule has 1 aliphatic rings. The smallest absolute Gasteiger partial charge is 0.191 e. The van der Waals surface area contributed by atoms with E-state index in [9.17, 15) is 19.0 Å². The first-order chi connectivity index (χ1) is 10.6. The van der Waals surface area contributed by atoms with Crippen molar-refractivity contribution in [2.24, 2.45) is 0 Å². The normalized spacial score (nSPS) is 16.0. The van der Waals surface area contributed by atoms with E-state index in [1.54, 1.807) is 0 Å². The van der Waals surface area contributed by atoms with E-state index in [4.69, 9.17) is 0 Å². The minimum absolute atomic E-state index is 0.0765. The van der Waals surface area contributed by atoms with Crippen molar-refractivity contribution >= 4 is 11.8 Å². The summed E-state index contributed by atoms with van der Waals surface area (Å²) in [5.74, 6) is -0.633. The highest BCUT2D eigenvalue weighted by molar-refractivity contribution is 7.99. The van der Waals surface area contributed by atoms with Crippen LogP contribution >= 0.6 is 11.8 Å². The Kier molecular flexibility index (Phi) is 4.42. The van der Waals surface area contributed by atoms with Crippen LogP contribution in [0.2, 0.25) is 0 Å². The molecule has 0 radical (unpaired) electrons. The Morgan fingerprint density at radius 1 is 1.32 bits per heavy atom. The summed E-state index contributed by atoms with van der Waals surface area (Å²) in [5, 5.41) is 27.8. The largest absolute Gasteiger partial charge is 0.388 e. The van der Waals surface area contributed by atoms with Crippen molar-refractivity contribution in [2.75, 3.05) is 5.75 Å². The van der Waals surface area contributed by atoms with Crippen LogP contribution in [-0.4, -0.2) is 30.7 Å². The van der Waals surface area contributed by atoms with Crippen molar-refractivity contribution in [3.05, 3.63) is 41.2 Å². The van der Waals surface area contributed by atoms with Gasteiger partial charge in [0.05, 0.1) is 6.10 Å². The SMILES string of the molecule is OCc1nnc(SCC(O)c2cc(F)ccc2F)n1C1CC1. The molecule has 1 atom stereocenters. The molecule has 118 valence electrons. The lowest BCUT2D eigenvalue weighted by Gasteiger charge is -2.12. The van der Waals surface area contributed by atoms with Gasteiger partial charge in [0.15, 0.2) is 11.0 Å². The molecule has 1 fully saturated rings. The molecule has 1 saturated carbocycles. The number of rotatable bonds is 6. The van der Waals surface area contributed by atoms with Crippen molar-refractivity contribution < 1.29 is 19.0 Å². The van der Waals surface area contributed by atoms with E-state index in [-0.39, 0.29) is 24.0 Å². The van der Waals surface area contributed by atoms with Crippen molar-refractivity contribution in [2.45, 2.75) is 36.8 Å². The van der Waals surface area contributed by atoms with Gasteiger partial charge in [-0.15, -0.1) is 10.2 Å². The van der Waals surface area contributed by atoms with E-state index in [0.717, 1.165) is 31.0 Å². The zero-order valence-corrected chi connectivity index (χ0v) is 12.4. The summed E-state index contributed by atoms with van der Waals surface area (Å²) in [4.78, 5) is 0. The molecular weight excluding hydrogens is 312 g/mol. The minimum Gasteiger partial charge on any atom is -0.388 e. The molecule has 1 aliphatic carbocycles. The van der Waals surface area contributed by atoms with Gasteiger partial charge < -0.3 is 14.8 Å². The second kappa shape index (κ2) is 6.31. The molecule has 0 amide bonds. The standard InChI is InChI=1S/C14H15F2N3O2S/c15-8-1-4-11(16)10(5-8)12(21)7-22-14-18-17-13(6-20)19(14)9-2-3-9/h1,4-5,9,12,20-21H,2-3,6-7H2. The van der Waals surface area contributed by atoms with Gasteiger partial charge in [0.1, 0.15) is 18.2 Å². The number of aliphatic hydroxyl groups is 2. The van der Waals surface area contributed by atoms with E-state index in [2.05, 4.69) is 10.2 Å². The van der Waals surface area contributed by atoms with Crippen LogP contribution in [0.25, 0.3) is 0 Å². The Morgan fingerprint density at radius 2 is 2.09 bits per heavy atom. The van der Waals surface area contributed by atoms with Crippen molar-refractivity contribution in [1.29, 1.82) is 0 Å². The molecule has 5 nitrogen and oxygen atoms in total. The van der Waals surface area contributed by atoms with E-state index in [1.165, 1.54) is 11.8 Å². The first-order valence-corrected chi connectivity index (χ1v) is 7.89. The second-order valence-electron chi connectivity index (χ2n) is 5.15. The Labute approximate surface area is 130 Å². The molecule has 0 spiro atoms. The molecule has 22 heavy (non-hydrogen) atoms. The maximum absolute atomic E-state index is 13.6. The molecule has 8 heteroatoms. The molecule has 2 aromatic rings. The summed E-state index contributed by atoms with van der Waals surface area (Å²) in [6.45, 7) is -0.203. The van der Waals surface area contributed by atoms with Crippen LogP contribution in [0.1, 0.15) is 36.4 Å². The average Bonchev–Trinajstić information content (AvgIpc) is 3.27. The number of benzene rings is 1. The van der Waals surface area contributed by atoms with Gasteiger partial charge >= 0.3 is 0 Å². The van der Waals surface area contributed by atoms with Gasteiger partial charge in [-0.1, -0.05) is 11.8 Å². The van der Waals surface area contributed by atoms with Gasteiger partial charge in [-0.25, -0.2) is 8.78 Å². The zero-order chi connectivity index (χ0) is 15.7. The number of aliphatic hydroxyl groups excluding tert-OH is 2. The van der Waals surface area contributed by atoms with E-state index in [0.29, 0.717) is 11.0 Å². The third kappa shape index (κ3) is 3.13. The maximum Gasteiger partial charge on any atom is 0.191 e. The lowest BCUT2D eigenvalue weighted by Crippen LogP contribution is -2.07. The Balaban J connectivity index is 1.72. The summed E-state index contributed by atoms with van der Waals surface area (Å²) in [6.07, 6.45) is 0.849. The van der Waals surface area contributed by atoms with E-state index in [1.807, 2.05) is 4.57 Å². The average molecular weight is 327 g/mol. The van der Waals surface area contributed by atoms with Crippen molar-refractivity contribution in [1.82, 2.24) is 14.8 Å². The van der Waals surface area contributed by atoms with Gasteiger partial charge in [0, 0.05) is 17.4 Å². The van der Waals surface area contributed by atoms with Crippen LogP contribution in [0.15, 0.2) is 23.4 Å². The molecule has 1 heterocycles. The highest BCUT2D eigenvalue weighted by Gasteiger charge is 2.29. The molecule has 0 aliphatic heterocycles. The molecule has 1 aromatic heterocycles. The molecule has 0 bridgehead atoms. The Bertz CT molecular complexity index is 676. The van der Waals surface area contributed by atoms with Gasteiger partial charge in [0.2, 0.25) is 0 Å². The highest BCUT2D eigenvalue weighted by Crippen LogP contribution is 2.39. The lowest BCUT2D eigenvalue weighted by molar-refractivity contribution is 0.198. The van der Waals surface area contributed by atoms with Gasteiger partial charge in [-0.05, 0) is 31.0 Å². The fraction of sp³-hybridized carbons (Fsp3) is 0.429. The molecular formula is C14H15F2N3O2S. The molecule has 2 N–H and O–H groups in total. The number of nitrogens with zero attached hydrogens (tertiary/aromatic N) is 3. The highest BCUT2D eigenvalue weighted by atomic mass is 32.2. The quantitative estimate of drug-likeness (QED) is 0.796. The van der Waals surface area contributed by atoms with Crippen LogP contribution in [0.5, 0.6) is 0 Å². The Morgan fingerprint density at radius 3 is 2.77 bits per heavy atom. The topological polar surface area (TPSA) is 71.2 Å². The summed E-state index contributed by atoms with van der Waals surface area (Å²) in [6, 6.07) is 3.28. The lowest BCUT2D eigenvalue weighted by atomic mass is 10.1. The number of hydrogen-bond donors (Lipinski definition) is 2. The number of hydrogen-bond acceptors (Lipinski definition) is 5. The minimum atomic E-state index is -1.15. The summed E-state index contributed by atoms with van der Waals surface area (Å²) < 4.78 is 28.6. The van der Waals surface area contributed by atoms with Crippen molar-refractivity contribution in [3.8, 4) is 0 Å². The third-order valence-corrected chi connectivity index (χ3v) is 4.49. The predicted octanol–water partition coefficient (Wildman–Crippen LogP) is 2.21. The third-order valence-electron chi connectivity index (χ3n) is 3.48. The summed E-state index contributed by atoms with van der Waals surface area (Å²) >= 11 is 1.21. The predicted molar refractivity (Wildman–Crippen MR) is 76.3 cm³/mol. The number of halogens is 2. The van der Waals surface area contributed by atoms with Crippen molar-refractivity contribution in [3.63, 3.8) is 0 Å². The van der Waals surface area contributed by atoms with E-state index < -0.39 is 17.7 Å². The van der Waals surface area contributed by atoms with Crippen LogP contribution in [-0.2, 0) is 6.61 Å². The first kappa shape index (κ1) is 15.4. The summed E-state index contributed by atoms with van der Waals surface area (Å²) in [7, 11) is 0. The molecule has 3 rings (SSSR count). The van der Waals surface area contributed by atoms with Crippen LogP contribution in [0, 0.1) is 11.6 Å².